The maximum Gasteiger partial charge on any atom is 0.189 e. The molecule has 7 aliphatic rings. The SMILES string of the molecule is C=C1C[C@]2(CCC3(C)[C@](C)(C(O)OC4OC(CO)[C@@H](O)C(O)C4O)CCC[C@@]3(C)[C@@H]2CC)C[C@@H]1OC[C@@H]1OC(CO)[C@@H](O)C(COCC2OC(CO)C(O)C(O)C2O)C1O[C@@H]1OC(CO)C(O)C(O)C1O. The Balaban J connectivity index is 1.10. The van der Waals surface area contributed by atoms with Gasteiger partial charge in [-0.1, -0.05) is 47.1 Å². The summed E-state index contributed by atoms with van der Waals surface area (Å²) in [6.07, 6.45) is -25.1. The molecule has 71 heavy (non-hydrogen) atoms. The van der Waals surface area contributed by atoms with Gasteiger partial charge in [0.1, 0.15) is 91.6 Å². The van der Waals surface area contributed by atoms with Crippen LogP contribution in [0.1, 0.15) is 79.1 Å². The summed E-state index contributed by atoms with van der Waals surface area (Å²) in [6, 6.07) is 0. The van der Waals surface area contributed by atoms with Crippen LogP contribution in [0.15, 0.2) is 12.2 Å². The Kier molecular flexibility index (Phi) is 18.5. The van der Waals surface area contributed by atoms with E-state index in [0.717, 1.165) is 24.8 Å². The fraction of sp³-hybridized carbons (Fsp3) is 0.958. The molecule has 0 radical (unpaired) electrons. The van der Waals surface area contributed by atoms with Gasteiger partial charge in [0.15, 0.2) is 18.9 Å². The van der Waals surface area contributed by atoms with Gasteiger partial charge in [0, 0.05) is 11.3 Å². The van der Waals surface area contributed by atoms with E-state index >= 15 is 0 Å². The molecular weight excluding hydrogens is 945 g/mol. The Bertz CT molecular complexity index is 1750. The van der Waals surface area contributed by atoms with Gasteiger partial charge in [-0.25, -0.2) is 0 Å². The molecule has 0 aromatic heterocycles. The number of hydrogen-bond donors (Lipinski definition) is 15. The lowest BCUT2D eigenvalue weighted by atomic mass is 9.35. The van der Waals surface area contributed by atoms with Gasteiger partial charge in [0.2, 0.25) is 0 Å². The van der Waals surface area contributed by atoms with E-state index in [9.17, 15) is 76.6 Å². The fourth-order valence-corrected chi connectivity index (χ4v) is 14.0. The molecule has 15 N–H and O–H groups in total. The lowest BCUT2D eigenvalue weighted by Crippen LogP contribution is -2.66. The lowest BCUT2D eigenvalue weighted by Gasteiger charge is -2.69. The van der Waals surface area contributed by atoms with Gasteiger partial charge in [-0.05, 0) is 66.3 Å². The highest BCUT2D eigenvalue weighted by Gasteiger charge is 2.69. The third-order valence-electron chi connectivity index (χ3n) is 18.6. The van der Waals surface area contributed by atoms with E-state index in [0.29, 0.717) is 32.1 Å². The van der Waals surface area contributed by atoms with Crippen molar-refractivity contribution >= 4 is 0 Å². The second kappa shape index (κ2) is 22.8. The number of aliphatic hydroxyl groups is 15. The van der Waals surface area contributed by atoms with Crippen molar-refractivity contribution in [3.8, 4) is 0 Å². The summed E-state index contributed by atoms with van der Waals surface area (Å²) in [4.78, 5) is 0. The molecule has 4 aliphatic heterocycles. The Morgan fingerprint density at radius 1 is 0.592 bits per heavy atom. The Labute approximate surface area is 413 Å². The van der Waals surface area contributed by atoms with E-state index < -0.39 is 179 Å². The molecule has 7 rings (SSSR count). The number of fused-ring (bicyclic) bond motifs is 1. The summed E-state index contributed by atoms with van der Waals surface area (Å²) in [5, 5.41) is 159. The summed E-state index contributed by atoms with van der Waals surface area (Å²) in [7, 11) is 0. The highest BCUT2D eigenvalue weighted by molar-refractivity contribution is 5.23. The zero-order chi connectivity index (χ0) is 52.1. The molecule has 0 aromatic carbocycles. The van der Waals surface area contributed by atoms with Gasteiger partial charge in [-0.2, -0.15) is 0 Å². The fourth-order valence-electron chi connectivity index (χ4n) is 14.0. The van der Waals surface area contributed by atoms with Crippen LogP contribution in [0.5, 0.6) is 0 Å². The molecule has 7 fully saturated rings. The summed E-state index contributed by atoms with van der Waals surface area (Å²) >= 11 is 0. The minimum Gasteiger partial charge on any atom is -0.394 e. The molecule has 0 amide bonds. The number of aliphatic hydroxyl groups excluding tert-OH is 15. The third-order valence-corrected chi connectivity index (χ3v) is 18.6. The van der Waals surface area contributed by atoms with Crippen LogP contribution < -0.4 is 0 Å². The molecule has 4 heterocycles. The zero-order valence-corrected chi connectivity index (χ0v) is 41.1. The number of hydrogen-bond acceptors (Lipinski definition) is 23. The van der Waals surface area contributed by atoms with Gasteiger partial charge in [-0.15, -0.1) is 0 Å². The molecule has 27 atom stereocenters. The smallest absolute Gasteiger partial charge is 0.189 e. The topological polar surface area (TPSA) is 377 Å². The molecule has 0 aromatic rings. The van der Waals surface area contributed by atoms with E-state index in [1.54, 1.807) is 0 Å². The molecular formula is C48H82O23. The Morgan fingerprint density at radius 2 is 1.11 bits per heavy atom. The second-order valence-electron chi connectivity index (χ2n) is 22.1. The van der Waals surface area contributed by atoms with Crippen LogP contribution in [0.25, 0.3) is 0 Å². The van der Waals surface area contributed by atoms with Gasteiger partial charge in [0.05, 0.1) is 64.6 Å². The summed E-state index contributed by atoms with van der Waals surface area (Å²) in [5.41, 5.74) is -1.29. The molecule has 18 unspecified atom stereocenters. The van der Waals surface area contributed by atoms with E-state index in [-0.39, 0.29) is 30.0 Å². The van der Waals surface area contributed by atoms with E-state index in [1.165, 1.54) is 0 Å². The zero-order valence-electron chi connectivity index (χ0n) is 41.1. The highest BCUT2D eigenvalue weighted by atomic mass is 16.7. The van der Waals surface area contributed by atoms with Crippen LogP contribution >= 0.6 is 0 Å². The van der Waals surface area contributed by atoms with Crippen molar-refractivity contribution in [2.45, 2.75) is 208 Å². The molecule has 23 nitrogen and oxygen atoms in total. The lowest BCUT2D eigenvalue weighted by molar-refractivity contribution is -0.366. The normalized spacial score (nSPS) is 52.1. The van der Waals surface area contributed by atoms with Crippen molar-refractivity contribution in [1.29, 1.82) is 0 Å². The van der Waals surface area contributed by atoms with Crippen molar-refractivity contribution in [1.82, 2.24) is 0 Å². The van der Waals surface area contributed by atoms with E-state index in [2.05, 4.69) is 27.4 Å². The summed E-state index contributed by atoms with van der Waals surface area (Å²) in [6.45, 7) is 9.28. The predicted molar refractivity (Wildman–Crippen MR) is 241 cm³/mol. The molecule has 3 saturated carbocycles. The first kappa shape index (κ1) is 57.5. The predicted octanol–water partition coefficient (Wildman–Crippen LogP) is -4.35. The molecule has 0 bridgehead atoms. The monoisotopic (exact) mass is 1030 g/mol. The number of ether oxygens (including phenoxy) is 8. The molecule has 412 valence electrons. The quantitative estimate of drug-likeness (QED) is 0.0484. The first-order valence-corrected chi connectivity index (χ1v) is 25.2. The van der Waals surface area contributed by atoms with E-state index in [1.807, 2.05) is 6.92 Å². The standard InChI is InChI=1S/C48H82O23/c1-6-30-45(3)8-7-9-46(4,44(63)71-43-40(62)38(60)34(56)27(17-52)69-43)47(45,5)10-11-48(30)12-21(2)23(13-48)65-20-29-41(70-42-39(61)37(59)33(55)26(16-51)68-42)22(31(53)24(14-49)67-29)18-64-19-28-35(57)36(58)32(54)25(15-50)66-28/h22-44,49-63H,2,6-20H2,1,3-5H3/t22?,23-,24?,25?,26?,27?,28?,29-,30-,31-,32?,33?,34+,35?,36?,37?,38?,39?,40?,41?,42-,43?,44?,45-,46-,47?,48+/m0/s1. The van der Waals surface area contributed by atoms with Gasteiger partial charge in [-0.3, -0.25) is 0 Å². The van der Waals surface area contributed by atoms with Crippen LogP contribution in [-0.2, 0) is 37.9 Å². The summed E-state index contributed by atoms with van der Waals surface area (Å²) in [5.74, 6) is -1.04. The van der Waals surface area contributed by atoms with Crippen molar-refractivity contribution < 1.29 is 114 Å². The molecule has 23 heteroatoms. The van der Waals surface area contributed by atoms with Gasteiger partial charge in [0.25, 0.3) is 0 Å². The molecule has 1 spiro atoms. The minimum absolute atomic E-state index is 0.0746. The highest BCUT2D eigenvalue weighted by Crippen LogP contribution is 2.75. The van der Waals surface area contributed by atoms with Crippen LogP contribution in [0.4, 0.5) is 0 Å². The number of rotatable bonds is 17. The Hall–Kier alpha value is -1.18. The van der Waals surface area contributed by atoms with Crippen LogP contribution in [-0.4, -0.2) is 252 Å². The van der Waals surface area contributed by atoms with Crippen LogP contribution in [0.2, 0.25) is 0 Å². The first-order chi connectivity index (χ1) is 33.5. The van der Waals surface area contributed by atoms with Crippen molar-refractivity contribution in [3.05, 3.63) is 12.2 Å². The largest absolute Gasteiger partial charge is 0.394 e. The van der Waals surface area contributed by atoms with Crippen LogP contribution in [0.3, 0.4) is 0 Å². The Morgan fingerprint density at radius 3 is 1.70 bits per heavy atom. The van der Waals surface area contributed by atoms with Crippen molar-refractivity contribution in [2.75, 3.05) is 46.2 Å². The van der Waals surface area contributed by atoms with Gasteiger partial charge >= 0.3 is 0 Å². The maximum atomic E-state index is 12.0. The average molecular weight is 1030 g/mol. The second-order valence-corrected chi connectivity index (χ2v) is 22.1. The van der Waals surface area contributed by atoms with Crippen molar-refractivity contribution in [2.24, 2.45) is 33.5 Å². The van der Waals surface area contributed by atoms with Crippen molar-refractivity contribution in [3.63, 3.8) is 0 Å². The molecule has 4 saturated heterocycles. The first-order valence-electron chi connectivity index (χ1n) is 25.2. The maximum absolute atomic E-state index is 12.0. The summed E-state index contributed by atoms with van der Waals surface area (Å²) < 4.78 is 48.2. The van der Waals surface area contributed by atoms with E-state index in [4.69, 9.17) is 37.9 Å². The van der Waals surface area contributed by atoms with Gasteiger partial charge < -0.3 is 114 Å². The third kappa shape index (κ3) is 10.3. The molecule has 3 aliphatic carbocycles. The van der Waals surface area contributed by atoms with Crippen LogP contribution in [0, 0.1) is 33.5 Å². The average Bonchev–Trinajstić information content (AvgIpc) is 3.67. The minimum atomic E-state index is -1.85.